The third-order valence-electron chi connectivity index (χ3n) is 3.94. The number of ether oxygens (including phenoxy) is 1. The van der Waals surface area contributed by atoms with Crippen molar-refractivity contribution in [1.29, 1.82) is 0 Å². The Bertz CT molecular complexity index is 624. The summed E-state index contributed by atoms with van der Waals surface area (Å²) in [6.45, 7) is 2.10. The van der Waals surface area contributed by atoms with Gasteiger partial charge in [0, 0.05) is 18.4 Å². The number of carbonyl (C=O) groups is 1. The van der Waals surface area contributed by atoms with E-state index in [2.05, 4.69) is 18.3 Å². The van der Waals surface area contributed by atoms with E-state index in [9.17, 15) is 4.79 Å². The SMILES string of the molecule is CCC1NC(=O)CC1c1cccc(Oc2ccccc2)c1. The fraction of sp³-hybridized carbons (Fsp3) is 0.278. The summed E-state index contributed by atoms with van der Waals surface area (Å²) in [5, 5.41) is 3.04. The van der Waals surface area contributed by atoms with Crippen LogP contribution in [0.25, 0.3) is 0 Å². The molecule has 1 saturated heterocycles. The van der Waals surface area contributed by atoms with Gasteiger partial charge >= 0.3 is 0 Å². The molecule has 108 valence electrons. The van der Waals surface area contributed by atoms with Crippen LogP contribution in [0, 0.1) is 0 Å². The van der Waals surface area contributed by atoms with E-state index in [4.69, 9.17) is 4.74 Å². The Hall–Kier alpha value is -2.29. The van der Waals surface area contributed by atoms with Crippen molar-refractivity contribution in [3.8, 4) is 11.5 Å². The molecule has 0 radical (unpaired) electrons. The molecule has 2 atom stereocenters. The van der Waals surface area contributed by atoms with Gasteiger partial charge in [-0.25, -0.2) is 0 Å². The Morgan fingerprint density at radius 1 is 1.10 bits per heavy atom. The van der Waals surface area contributed by atoms with Gasteiger partial charge in [-0.15, -0.1) is 0 Å². The first-order valence-corrected chi connectivity index (χ1v) is 7.38. The molecule has 1 N–H and O–H groups in total. The predicted molar refractivity (Wildman–Crippen MR) is 82.5 cm³/mol. The maximum Gasteiger partial charge on any atom is 0.220 e. The first-order valence-electron chi connectivity index (χ1n) is 7.38. The maximum absolute atomic E-state index is 11.6. The van der Waals surface area contributed by atoms with Gasteiger partial charge in [0.1, 0.15) is 11.5 Å². The van der Waals surface area contributed by atoms with Gasteiger partial charge in [-0.05, 0) is 36.2 Å². The van der Waals surface area contributed by atoms with Crippen molar-refractivity contribution in [3.63, 3.8) is 0 Å². The molecule has 3 rings (SSSR count). The van der Waals surface area contributed by atoms with Crippen LogP contribution in [0.3, 0.4) is 0 Å². The van der Waals surface area contributed by atoms with E-state index in [0.29, 0.717) is 6.42 Å². The third kappa shape index (κ3) is 3.07. The van der Waals surface area contributed by atoms with Crippen molar-refractivity contribution in [2.45, 2.75) is 31.7 Å². The molecule has 2 unspecified atom stereocenters. The van der Waals surface area contributed by atoms with Crippen LogP contribution in [0.4, 0.5) is 0 Å². The Morgan fingerprint density at radius 2 is 1.86 bits per heavy atom. The van der Waals surface area contributed by atoms with Gasteiger partial charge in [-0.3, -0.25) is 4.79 Å². The molecule has 21 heavy (non-hydrogen) atoms. The largest absolute Gasteiger partial charge is 0.457 e. The smallest absolute Gasteiger partial charge is 0.220 e. The van der Waals surface area contributed by atoms with Gasteiger partial charge in [-0.2, -0.15) is 0 Å². The topological polar surface area (TPSA) is 38.3 Å². The summed E-state index contributed by atoms with van der Waals surface area (Å²) in [6, 6.07) is 18.0. The summed E-state index contributed by atoms with van der Waals surface area (Å²) in [7, 11) is 0. The average Bonchev–Trinajstić information content (AvgIpc) is 2.90. The van der Waals surface area contributed by atoms with E-state index < -0.39 is 0 Å². The summed E-state index contributed by atoms with van der Waals surface area (Å²) in [6.07, 6.45) is 1.51. The molecule has 0 aromatic heterocycles. The van der Waals surface area contributed by atoms with E-state index in [1.165, 1.54) is 0 Å². The lowest BCUT2D eigenvalue weighted by Gasteiger charge is -2.18. The summed E-state index contributed by atoms with van der Waals surface area (Å²) in [4.78, 5) is 11.6. The molecule has 1 aliphatic rings. The van der Waals surface area contributed by atoms with Gasteiger partial charge < -0.3 is 10.1 Å². The van der Waals surface area contributed by atoms with Crippen molar-refractivity contribution < 1.29 is 9.53 Å². The number of hydrogen-bond donors (Lipinski definition) is 1. The molecule has 0 spiro atoms. The molecule has 0 saturated carbocycles. The lowest BCUT2D eigenvalue weighted by molar-refractivity contribution is -0.119. The van der Waals surface area contributed by atoms with Crippen LogP contribution in [-0.2, 0) is 4.79 Å². The lowest BCUT2D eigenvalue weighted by Crippen LogP contribution is -2.27. The van der Waals surface area contributed by atoms with Crippen molar-refractivity contribution in [2.75, 3.05) is 0 Å². The van der Waals surface area contributed by atoms with Crippen LogP contribution in [0.1, 0.15) is 31.2 Å². The van der Waals surface area contributed by atoms with Crippen LogP contribution < -0.4 is 10.1 Å². The van der Waals surface area contributed by atoms with Gasteiger partial charge in [0.25, 0.3) is 0 Å². The summed E-state index contributed by atoms with van der Waals surface area (Å²) >= 11 is 0. The van der Waals surface area contributed by atoms with Crippen molar-refractivity contribution in [3.05, 3.63) is 60.2 Å². The molecule has 1 amide bonds. The Kier molecular flexibility index (Phi) is 3.91. The second kappa shape index (κ2) is 6.00. The van der Waals surface area contributed by atoms with Crippen LogP contribution >= 0.6 is 0 Å². The molecular weight excluding hydrogens is 262 g/mol. The zero-order valence-electron chi connectivity index (χ0n) is 12.1. The normalized spacial score (nSPS) is 21.1. The number of hydrogen-bond acceptors (Lipinski definition) is 2. The first-order chi connectivity index (χ1) is 10.3. The standard InChI is InChI=1S/C18H19NO2/c1-2-17-16(12-18(20)19-17)13-7-6-10-15(11-13)21-14-8-4-3-5-9-14/h3-11,16-17H,2,12H2,1H3,(H,19,20). The highest BCUT2D eigenvalue weighted by atomic mass is 16.5. The molecular formula is C18H19NO2. The lowest BCUT2D eigenvalue weighted by atomic mass is 9.90. The van der Waals surface area contributed by atoms with Gasteiger partial charge in [0.2, 0.25) is 5.91 Å². The fourth-order valence-corrected chi connectivity index (χ4v) is 2.88. The minimum Gasteiger partial charge on any atom is -0.457 e. The van der Waals surface area contributed by atoms with E-state index in [0.717, 1.165) is 23.5 Å². The quantitative estimate of drug-likeness (QED) is 0.924. The van der Waals surface area contributed by atoms with E-state index in [1.807, 2.05) is 48.5 Å². The van der Waals surface area contributed by atoms with E-state index >= 15 is 0 Å². The van der Waals surface area contributed by atoms with Gasteiger partial charge in [-0.1, -0.05) is 37.3 Å². The summed E-state index contributed by atoms with van der Waals surface area (Å²) in [5.74, 6) is 2.01. The van der Waals surface area contributed by atoms with Crippen LogP contribution in [0.15, 0.2) is 54.6 Å². The number of amides is 1. The molecule has 1 aliphatic heterocycles. The number of nitrogens with one attached hydrogen (secondary N) is 1. The van der Waals surface area contributed by atoms with Crippen molar-refractivity contribution in [1.82, 2.24) is 5.32 Å². The average molecular weight is 281 g/mol. The number of rotatable bonds is 4. The fourth-order valence-electron chi connectivity index (χ4n) is 2.88. The van der Waals surface area contributed by atoms with Crippen molar-refractivity contribution >= 4 is 5.91 Å². The minimum atomic E-state index is 0.140. The minimum absolute atomic E-state index is 0.140. The Labute approximate surface area is 124 Å². The molecule has 2 aromatic rings. The number of carbonyl (C=O) groups excluding carboxylic acids is 1. The Morgan fingerprint density at radius 3 is 2.62 bits per heavy atom. The zero-order valence-corrected chi connectivity index (χ0v) is 12.1. The molecule has 1 heterocycles. The third-order valence-corrected chi connectivity index (χ3v) is 3.94. The van der Waals surface area contributed by atoms with Gasteiger partial charge in [0.15, 0.2) is 0 Å². The highest BCUT2D eigenvalue weighted by molar-refractivity contribution is 5.80. The Balaban J connectivity index is 1.81. The second-order valence-corrected chi connectivity index (χ2v) is 5.38. The van der Waals surface area contributed by atoms with Crippen molar-refractivity contribution in [2.24, 2.45) is 0 Å². The molecule has 0 aliphatic carbocycles. The van der Waals surface area contributed by atoms with Gasteiger partial charge in [0.05, 0.1) is 0 Å². The van der Waals surface area contributed by atoms with E-state index in [-0.39, 0.29) is 17.9 Å². The molecule has 3 heteroatoms. The summed E-state index contributed by atoms with van der Waals surface area (Å²) in [5.41, 5.74) is 1.16. The molecule has 0 bridgehead atoms. The molecule has 3 nitrogen and oxygen atoms in total. The second-order valence-electron chi connectivity index (χ2n) is 5.38. The van der Waals surface area contributed by atoms with Crippen LogP contribution in [0.2, 0.25) is 0 Å². The first kappa shape index (κ1) is 13.7. The highest BCUT2D eigenvalue weighted by Gasteiger charge is 2.32. The predicted octanol–water partition coefficient (Wildman–Crippen LogP) is 3.86. The molecule has 2 aromatic carbocycles. The monoisotopic (exact) mass is 281 g/mol. The summed E-state index contributed by atoms with van der Waals surface area (Å²) < 4.78 is 5.87. The van der Waals surface area contributed by atoms with Crippen LogP contribution in [0.5, 0.6) is 11.5 Å². The van der Waals surface area contributed by atoms with E-state index in [1.54, 1.807) is 0 Å². The molecule has 1 fully saturated rings. The van der Waals surface area contributed by atoms with Crippen LogP contribution in [-0.4, -0.2) is 11.9 Å². The zero-order chi connectivity index (χ0) is 14.7. The number of benzene rings is 2. The highest BCUT2D eigenvalue weighted by Crippen LogP contribution is 2.32. The maximum atomic E-state index is 11.6. The number of para-hydroxylation sites is 1.